The van der Waals surface area contributed by atoms with Crippen molar-refractivity contribution in [3.63, 3.8) is 0 Å². The Kier molecular flexibility index (Phi) is 4.05. The predicted octanol–water partition coefficient (Wildman–Crippen LogP) is 3.64. The third-order valence-electron chi connectivity index (χ3n) is 3.77. The fourth-order valence-electron chi connectivity index (χ4n) is 2.54. The third-order valence-corrected chi connectivity index (χ3v) is 3.77. The molecule has 2 amide bonds. The van der Waals surface area contributed by atoms with E-state index in [9.17, 15) is 18.0 Å². The van der Waals surface area contributed by atoms with Gasteiger partial charge in [0.15, 0.2) is 0 Å². The van der Waals surface area contributed by atoms with Crippen molar-refractivity contribution in [2.75, 3.05) is 12.4 Å². The second-order valence-electron chi connectivity index (χ2n) is 5.35. The summed E-state index contributed by atoms with van der Waals surface area (Å²) < 4.78 is 47.0. The summed E-state index contributed by atoms with van der Waals surface area (Å²) in [5.74, 6) is 4.96. The zero-order chi connectivity index (χ0) is 18.1. The number of carbonyl (C=O) groups excluding carboxylic acids is 1. The van der Waals surface area contributed by atoms with Crippen molar-refractivity contribution in [1.82, 2.24) is 5.32 Å². The van der Waals surface area contributed by atoms with Crippen molar-refractivity contribution >= 4 is 11.7 Å². The van der Waals surface area contributed by atoms with E-state index in [-0.39, 0.29) is 17.0 Å². The highest BCUT2D eigenvalue weighted by Crippen LogP contribution is 2.44. The molecule has 0 radical (unpaired) electrons. The molecule has 1 aliphatic heterocycles. The zero-order valence-electron chi connectivity index (χ0n) is 13.1. The Hall–Kier alpha value is -3.14. The van der Waals surface area contributed by atoms with E-state index in [1.54, 1.807) is 30.3 Å². The highest BCUT2D eigenvalue weighted by Gasteiger charge is 2.59. The Morgan fingerprint density at radius 3 is 2.48 bits per heavy atom. The fourth-order valence-corrected chi connectivity index (χ4v) is 2.54. The van der Waals surface area contributed by atoms with E-state index in [0.717, 1.165) is 0 Å². The maximum atomic E-state index is 14.0. The number of ether oxygens (including phenoxy) is 1. The Morgan fingerprint density at radius 2 is 1.84 bits per heavy atom. The summed E-state index contributed by atoms with van der Waals surface area (Å²) in [6, 6.07) is 11.3. The third kappa shape index (κ3) is 2.98. The molecule has 1 atom stereocenters. The van der Waals surface area contributed by atoms with Gasteiger partial charge in [-0.25, -0.2) is 4.79 Å². The monoisotopic (exact) mass is 346 g/mol. The van der Waals surface area contributed by atoms with Gasteiger partial charge in [0.05, 0.1) is 7.11 Å². The molecule has 4 nitrogen and oxygen atoms in total. The van der Waals surface area contributed by atoms with Crippen LogP contribution >= 0.6 is 0 Å². The quantitative estimate of drug-likeness (QED) is 0.775. The summed E-state index contributed by atoms with van der Waals surface area (Å²) in [6.07, 6.45) is -4.84. The van der Waals surface area contributed by atoms with Gasteiger partial charge >= 0.3 is 12.2 Å². The van der Waals surface area contributed by atoms with E-state index in [4.69, 9.17) is 4.74 Å². The van der Waals surface area contributed by atoms with E-state index in [1.807, 2.05) is 5.32 Å². The summed E-state index contributed by atoms with van der Waals surface area (Å²) >= 11 is 0. The molecular formula is C18H13F3N2O2. The van der Waals surface area contributed by atoms with E-state index < -0.39 is 17.7 Å². The number of carbonyl (C=O) groups is 1. The number of halogens is 3. The fraction of sp³-hybridized carbons (Fsp3) is 0.167. The van der Waals surface area contributed by atoms with Gasteiger partial charge in [0, 0.05) is 16.8 Å². The van der Waals surface area contributed by atoms with Gasteiger partial charge < -0.3 is 15.4 Å². The topological polar surface area (TPSA) is 50.4 Å². The number of benzene rings is 2. The van der Waals surface area contributed by atoms with Crippen molar-refractivity contribution in [2.45, 2.75) is 11.7 Å². The number of amides is 2. The van der Waals surface area contributed by atoms with Gasteiger partial charge in [0.1, 0.15) is 5.75 Å². The molecule has 7 heteroatoms. The van der Waals surface area contributed by atoms with Gasteiger partial charge in [0.25, 0.3) is 0 Å². The summed E-state index contributed by atoms with van der Waals surface area (Å²) in [7, 11) is 1.35. The van der Waals surface area contributed by atoms with Crippen LogP contribution < -0.4 is 15.4 Å². The number of nitrogens with one attached hydrogen (secondary N) is 2. The molecule has 0 bridgehead atoms. The second kappa shape index (κ2) is 6.06. The molecular weight excluding hydrogens is 333 g/mol. The van der Waals surface area contributed by atoms with E-state index in [1.165, 1.54) is 25.3 Å². The molecule has 3 rings (SSSR count). The van der Waals surface area contributed by atoms with E-state index >= 15 is 0 Å². The van der Waals surface area contributed by atoms with Gasteiger partial charge in [0.2, 0.25) is 5.54 Å². The number of anilines is 1. The molecule has 25 heavy (non-hydrogen) atoms. The first-order chi connectivity index (χ1) is 11.9. The standard InChI is InChI=1S/C18H13F3N2O2/c1-25-13-7-8-15-14(11-13)17(18(19,20)21,23-16(24)22-15)10-9-12-5-3-2-4-6-12/h2-8,11H,1H3,(H2,22,23,24). The van der Waals surface area contributed by atoms with Crippen LogP contribution in [-0.2, 0) is 5.54 Å². The average molecular weight is 346 g/mol. The Morgan fingerprint density at radius 1 is 1.12 bits per heavy atom. The predicted molar refractivity (Wildman–Crippen MR) is 86.2 cm³/mol. The van der Waals surface area contributed by atoms with Gasteiger partial charge in [-0.15, -0.1) is 0 Å². The summed E-state index contributed by atoms with van der Waals surface area (Å²) in [5.41, 5.74) is -2.62. The van der Waals surface area contributed by atoms with Crippen LogP contribution in [0.2, 0.25) is 0 Å². The molecule has 0 fully saturated rings. The number of fused-ring (bicyclic) bond motifs is 1. The van der Waals surface area contributed by atoms with Gasteiger partial charge in [-0.2, -0.15) is 13.2 Å². The number of urea groups is 1. The molecule has 2 N–H and O–H groups in total. The molecule has 1 aliphatic rings. The minimum atomic E-state index is -4.84. The maximum absolute atomic E-state index is 14.0. The van der Waals surface area contributed by atoms with E-state index in [2.05, 4.69) is 17.2 Å². The lowest BCUT2D eigenvalue weighted by molar-refractivity contribution is -0.178. The van der Waals surface area contributed by atoms with Crippen molar-refractivity contribution in [2.24, 2.45) is 0 Å². The van der Waals surface area contributed by atoms with Crippen LogP contribution in [0.4, 0.5) is 23.7 Å². The summed E-state index contributed by atoms with van der Waals surface area (Å²) in [5, 5.41) is 4.31. The average Bonchev–Trinajstić information content (AvgIpc) is 2.59. The number of alkyl halides is 3. The molecule has 0 saturated carbocycles. The first-order valence-electron chi connectivity index (χ1n) is 7.28. The highest BCUT2D eigenvalue weighted by atomic mass is 19.4. The van der Waals surface area contributed by atoms with Gasteiger partial charge in [-0.3, -0.25) is 0 Å². The largest absolute Gasteiger partial charge is 0.497 e. The first kappa shape index (κ1) is 16.7. The molecule has 0 aromatic heterocycles. The lowest BCUT2D eigenvalue weighted by Gasteiger charge is -2.37. The van der Waals surface area contributed by atoms with Crippen molar-refractivity contribution in [3.05, 3.63) is 59.7 Å². The minimum absolute atomic E-state index is 0.0317. The normalized spacial score (nSPS) is 19.0. The van der Waals surface area contributed by atoms with Crippen LogP contribution in [0.5, 0.6) is 5.75 Å². The number of methoxy groups -OCH3 is 1. The van der Waals surface area contributed by atoms with Crippen molar-refractivity contribution in [1.29, 1.82) is 0 Å². The van der Waals surface area contributed by atoms with Crippen LogP contribution in [0.3, 0.4) is 0 Å². The van der Waals surface area contributed by atoms with Crippen LogP contribution in [0.25, 0.3) is 0 Å². The number of hydrogen-bond donors (Lipinski definition) is 2. The van der Waals surface area contributed by atoms with Gasteiger partial charge in [-0.1, -0.05) is 30.0 Å². The molecule has 2 aromatic carbocycles. The Labute approximate surface area is 142 Å². The summed E-state index contributed by atoms with van der Waals surface area (Å²) in [6.45, 7) is 0. The Balaban J connectivity index is 2.23. The van der Waals surface area contributed by atoms with Crippen LogP contribution in [-0.4, -0.2) is 19.3 Å². The number of rotatable bonds is 1. The first-order valence-corrected chi connectivity index (χ1v) is 7.28. The van der Waals surface area contributed by atoms with Crippen LogP contribution in [0, 0.1) is 11.8 Å². The van der Waals surface area contributed by atoms with Crippen LogP contribution in [0.15, 0.2) is 48.5 Å². The molecule has 128 valence electrons. The molecule has 2 aromatic rings. The molecule has 1 heterocycles. The van der Waals surface area contributed by atoms with E-state index in [0.29, 0.717) is 5.56 Å². The maximum Gasteiger partial charge on any atom is 0.427 e. The number of hydrogen-bond acceptors (Lipinski definition) is 2. The van der Waals surface area contributed by atoms with Crippen molar-refractivity contribution in [3.8, 4) is 17.6 Å². The SMILES string of the molecule is COc1ccc2c(c1)C(C#Cc1ccccc1)(C(F)(F)F)NC(=O)N2. The smallest absolute Gasteiger partial charge is 0.427 e. The molecule has 0 saturated heterocycles. The minimum Gasteiger partial charge on any atom is -0.497 e. The molecule has 0 aliphatic carbocycles. The molecule has 1 unspecified atom stereocenters. The van der Waals surface area contributed by atoms with Crippen LogP contribution in [0.1, 0.15) is 11.1 Å². The highest BCUT2D eigenvalue weighted by molar-refractivity contribution is 5.95. The summed E-state index contributed by atoms with van der Waals surface area (Å²) in [4.78, 5) is 11.8. The van der Waals surface area contributed by atoms with Gasteiger partial charge in [-0.05, 0) is 30.3 Å². The van der Waals surface area contributed by atoms with Crippen molar-refractivity contribution < 1.29 is 22.7 Å². The second-order valence-corrected chi connectivity index (χ2v) is 5.35. The lowest BCUT2D eigenvalue weighted by atomic mass is 9.86. The Bertz CT molecular complexity index is 869. The lowest BCUT2D eigenvalue weighted by Crippen LogP contribution is -2.59. The zero-order valence-corrected chi connectivity index (χ0v) is 13.1. The molecule has 0 spiro atoms.